The molecule has 0 fully saturated rings. The molecule has 0 unspecified atom stereocenters. The number of hydrogen-bond donors (Lipinski definition) is 2. The van der Waals surface area contributed by atoms with Crippen molar-refractivity contribution in [3.05, 3.63) is 71.1 Å². The molecule has 3 aromatic rings. The Bertz CT molecular complexity index is 756. The minimum atomic E-state index is -0.138. The minimum Gasteiger partial charge on any atom is -0.399 e. The summed E-state index contributed by atoms with van der Waals surface area (Å²) in [5.74, 6) is 0. The maximum Gasteiger partial charge on any atom is 0.264 e. The van der Waals surface area contributed by atoms with Crippen LogP contribution in [0, 0.1) is 0 Å². The smallest absolute Gasteiger partial charge is 0.264 e. The van der Waals surface area contributed by atoms with Gasteiger partial charge in [0.15, 0.2) is 0 Å². The van der Waals surface area contributed by atoms with Crippen molar-refractivity contribution in [2.24, 2.45) is 0 Å². The van der Waals surface area contributed by atoms with Gasteiger partial charge in [0.05, 0.1) is 5.69 Å². The number of rotatable bonds is 2. The first-order valence-electron chi connectivity index (χ1n) is 5.97. The molecule has 1 aromatic heterocycles. The Morgan fingerprint density at radius 2 is 1.79 bits per heavy atom. The summed E-state index contributed by atoms with van der Waals surface area (Å²) in [7, 11) is 0. The number of nitrogen functional groups attached to an aromatic ring is 1. The SMILES string of the molecule is Nc1ccc(-c2ccccc2)c(-n2ccc(=O)[nH]2)c1. The van der Waals surface area contributed by atoms with Gasteiger partial charge in [0.1, 0.15) is 0 Å². The van der Waals surface area contributed by atoms with Gasteiger partial charge in [-0.3, -0.25) is 14.6 Å². The zero-order valence-corrected chi connectivity index (χ0v) is 10.2. The van der Waals surface area contributed by atoms with Gasteiger partial charge >= 0.3 is 0 Å². The van der Waals surface area contributed by atoms with Crippen molar-refractivity contribution in [2.45, 2.75) is 0 Å². The van der Waals surface area contributed by atoms with Gasteiger partial charge in [-0.2, -0.15) is 0 Å². The van der Waals surface area contributed by atoms with Crippen LogP contribution in [0.4, 0.5) is 5.69 Å². The van der Waals surface area contributed by atoms with E-state index in [1.165, 1.54) is 6.07 Å². The fraction of sp³-hybridized carbons (Fsp3) is 0. The van der Waals surface area contributed by atoms with Crippen molar-refractivity contribution in [3.63, 3.8) is 0 Å². The number of nitrogens with one attached hydrogen (secondary N) is 1. The number of aromatic nitrogens is 2. The van der Waals surface area contributed by atoms with Gasteiger partial charge in [-0.1, -0.05) is 36.4 Å². The van der Waals surface area contributed by atoms with Crippen LogP contribution in [0.25, 0.3) is 16.8 Å². The monoisotopic (exact) mass is 251 g/mol. The summed E-state index contributed by atoms with van der Waals surface area (Å²) in [5, 5.41) is 2.74. The van der Waals surface area contributed by atoms with Gasteiger partial charge in [0.2, 0.25) is 0 Å². The largest absolute Gasteiger partial charge is 0.399 e. The number of aromatic amines is 1. The highest BCUT2D eigenvalue weighted by Gasteiger charge is 2.07. The number of nitrogens with two attached hydrogens (primary N) is 1. The van der Waals surface area contributed by atoms with Crippen molar-refractivity contribution < 1.29 is 0 Å². The Morgan fingerprint density at radius 3 is 2.47 bits per heavy atom. The van der Waals surface area contributed by atoms with E-state index in [2.05, 4.69) is 5.10 Å². The first-order chi connectivity index (χ1) is 9.24. The molecular weight excluding hydrogens is 238 g/mol. The topological polar surface area (TPSA) is 63.8 Å². The van der Waals surface area contributed by atoms with Crippen molar-refractivity contribution in [3.8, 4) is 16.8 Å². The lowest BCUT2D eigenvalue weighted by Gasteiger charge is -2.11. The normalized spacial score (nSPS) is 10.5. The van der Waals surface area contributed by atoms with Crippen molar-refractivity contribution in [1.29, 1.82) is 0 Å². The van der Waals surface area contributed by atoms with Crippen LogP contribution >= 0.6 is 0 Å². The Morgan fingerprint density at radius 1 is 1.00 bits per heavy atom. The molecule has 0 spiro atoms. The molecule has 19 heavy (non-hydrogen) atoms. The average Bonchev–Trinajstić information content (AvgIpc) is 2.86. The summed E-state index contributed by atoms with van der Waals surface area (Å²) >= 11 is 0. The Hall–Kier alpha value is -2.75. The van der Waals surface area contributed by atoms with Gasteiger partial charge in [-0.15, -0.1) is 0 Å². The van der Waals surface area contributed by atoms with E-state index in [-0.39, 0.29) is 5.56 Å². The maximum atomic E-state index is 11.3. The lowest BCUT2D eigenvalue weighted by molar-refractivity contribution is 0.866. The van der Waals surface area contributed by atoms with Crippen LogP contribution in [0.3, 0.4) is 0 Å². The Labute approximate surface area is 110 Å². The number of hydrogen-bond acceptors (Lipinski definition) is 2. The Kier molecular flexibility index (Phi) is 2.68. The molecule has 0 bridgehead atoms. The maximum absolute atomic E-state index is 11.3. The van der Waals surface area contributed by atoms with E-state index in [1.54, 1.807) is 10.9 Å². The first kappa shape index (κ1) is 11.3. The molecule has 4 nitrogen and oxygen atoms in total. The van der Waals surface area contributed by atoms with Crippen molar-refractivity contribution in [2.75, 3.05) is 5.73 Å². The van der Waals surface area contributed by atoms with E-state index in [0.29, 0.717) is 5.69 Å². The highest BCUT2D eigenvalue weighted by atomic mass is 16.1. The van der Waals surface area contributed by atoms with E-state index in [4.69, 9.17) is 5.73 Å². The fourth-order valence-corrected chi connectivity index (χ4v) is 2.09. The zero-order valence-electron chi connectivity index (χ0n) is 10.2. The van der Waals surface area contributed by atoms with Crippen molar-refractivity contribution >= 4 is 5.69 Å². The third kappa shape index (κ3) is 2.15. The highest BCUT2D eigenvalue weighted by Crippen LogP contribution is 2.27. The van der Waals surface area contributed by atoms with Gasteiger partial charge < -0.3 is 5.73 Å². The van der Waals surface area contributed by atoms with Crippen LogP contribution in [0.1, 0.15) is 0 Å². The molecule has 4 heteroatoms. The summed E-state index contributed by atoms with van der Waals surface area (Å²) in [4.78, 5) is 11.3. The molecule has 2 aromatic carbocycles. The molecule has 0 amide bonds. The van der Waals surface area contributed by atoms with Crippen LogP contribution in [0.15, 0.2) is 65.6 Å². The number of nitrogens with zero attached hydrogens (tertiary/aromatic N) is 1. The average molecular weight is 251 g/mol. The van der Waals surface area contributed by atoms with E-state index >= 15 is 0 Å². The summed E-state index contributed by atoms with van der Waals surface area (Å²) < 4.78 is 1.68. The van der Waals surface area contributed by atoms with Crippen LogP contribution in [-0.2, 0) is 0 Å². The Balaban J connectivity index is 2.23. The molecule has 0 aliphatic carbocycles. The van der Waals surface area contributed by atoms with Crippen molar-refractivity contribution in [1.82, 2.24) is 9.78 Å². The molecule has 94 valence electrons. The summed E-state index contributed by atoms with van der Waals surface area (Å²) in [6.07, 6.45) is 1.70. The van der Waals surface area contributed by atoms with E-state index in [9.17, 15) is 4.79 Å². The van der Waals surface area contributed by atoms with Crippen LogP contribution < -0.4 is 11.3 Å². The van der Waals surface area contributed by atoms with Crippen LogP contribution in [0.5, 0.6) is 0 Å². The zero-order chi connectivity index (χ0) is 13.2. The molecule has 0 aliphatic heterocycles. The summed E-state index contributed by atoms with van der Waals surface area (Å²) in [6, 6.07) is 17.1. The molecule has 0 atom stereocenters. The van der Waals surface area contributed by atoms with Gasteiger partial charge in [-0.25, -0.2) is 0 Å². The lowest BCUT2D eigenvalue weighted by atomic mass is 10.0. The predicted molar refractivity (Wildman–Crippen MR) is 76.2 cm³/mol. The van der Waals surface area contributed by atoms with Gasteiger partial charge in [0.25, 0.3) is 5.56 Å². The quantitative estimate of drug-likeness (QED) is 0.687. The molecule has 0 saturated heterocycles. The summed E-state index contributed by atoms with van der Waals surface area (Å²) in [6.45, 7) is 0. The lowest BCUT2D eigenvalue weighted by Crippen LogP contribution is -2.05. The first-order valence-corrected chi connectivity index (χ1v) is 5.97. The molecule has 0 radical (unpaired) electrons. The van der Waals surface area contributed by atoms with E-state index < -0.39 is 0 Å². The second-order valence-corrected chi connectivity index (χ2v) is 4.30. The molecule has 0 aliphatic rings. The number of H-pyrrole nitrogens is 1. The molecular formula is C15H13N3O. The summed E-state index contributed by atoms with van der Waals surface area (Å²) in [5.41, 5.74) is 9.31. The second kappa shape index (κ2) is 4.49. The third-order valence-corrected chi connectivity index (χ3v) is 2.97. The van der Waals surface area contributed by atoms with E-state index in [0.717, 1.165) is 16.8 Å². The van der Waals surface area contributed by atoms with Gasteiger partial charge in [-0.05, 0) is 17.7 Å². The fourth-order valence-electron chi connectivity index (χ4n) is 2.09. The second-order valence-electron chi connectivity index (χ2n) is 4.30. The van der Waals surface area contributed by atoms with E-state index in [1.807, 2.05) is 48.5 Å². The molecule has 0 saturated carbocycles. The molecule has 1 heterocycles. The molecule has 3 rings (SSSR count). The van der Waals surface area contributed by atoms with Gasteiger partial charge in [0, 0.05) is 23.5 Å². The number of anilines is 1. The number of benzene rings is 2. The minimum absolute atomic E-state index is 0.138. The highest BCUT2D eigenvalue weighted by molar-refractivity contribution is 5.75. The third-order valence-electron chi connectivity index (χ3n) is 2.97. The molecule has 3 N–H and O–H groups in total. The standard InChI is InChI=1S/C15H13N3O/c16-12-6-7-13(11-4-2-1-3-5-11)14(10-12)18-9-8-15(19)17-18/h1-10H,16H2,(H,17,19). The van der Waals surface area contributed by atoms with Crippen LogP contribution in [0.2, 0.25) is 0 Å². The van der Waals surface area contributed by atoms with Crippen LogP contribution in [-0.4, -0.2) is 9.78 Å². The predicted octanol–water partition coefficient (Wildman–Crippen LogP) is 2.41.